The number of hydrogen-bond acceptors (Lipinski definition) is 2. The molecule has 2 N–H and O–H groups in total. The van der Waals surface area contributed by atoms with Crippen LogP contribution in [0.15, 0.2) is 60.9 Å². The van der Waals surface area contributed by atoms with Gasteiger partial charge in [-0.1, -0.05) is 30.3 Å². The molecular weight excluding hydrogens is 265 g/mol. The van der Waals surface area contributed by atoms with E-state index < -0.39 is 0 Å². The van der Waals surface area contributed by atoms with E-state index in [1.807, 2.05) is 41.1 Å². The van der Waals surface area contributed by atoms with Gasteiger partial charge in [0.1, 0.15) is 11.6 Å². The third-order valence-corrected chi connectivity index (χ3v) is 3.44. The van der Waals surface area contributed by atoms with Crippen molar-refractivity contribution in [1.82, 2.24) is 9.55 Å². The summed E-state index contributed by atoms with van der Waals surface area (Å²) in [6.07, 6.45) is 4.31. The van der Waals surface area contributed by atoms with Gasteiger partial charge in [-0.05, 0) is 23.8 Å². The highest BCUT2D eigenvalue weighted by atomic mass is 19.1. The van der Waals surface area contributed by atoms with Crippen molar-refractivity contribution in [3.8, 4) is 0 Å². The molecule has 0 amide bonds. The summed E-state index contributed by atoms with van der Waals surface area (Å²) in [5, 5.41) is 0. The van der Waals surface area contributed by atoms with Gasteiger partial charge in [-0.25, -0.2) is 9.37 Å². The monoisotopic (exact) mass is 281 g/mol. The van der Waals surface area contributed by atoms with Crippen molar-refractivity contribution in [2.24, 2.45) is 0 Å². The molecule has 2 aromatic carbocycles. The van der Waals surface area contributed by atoms with Crippen LogP contribution in [-0.4, -0.2) is 9.55 Å². The highest BCUT2D eigenvalue weighted by Crippen LogP contribution is 2.14. The number of hydrogen-bond donors (Lipinski definition) is 1. The molecule has 106 valence electrons. The van der Waals surface area contributed by atoms with Crippen molar-refractivity contribution < 1.29 is 4.39 Å². The van der Waals surface area contributed by atoms with Crippen molar-refractivity contribution in [3.63, 3.8) is 0 Å². The molecule has 3 aromatic rings. The maximum absolute atomic E-state index is 13.7. The van der Waals surface area contributed by atoms with Crippen LogP contribution in [0.4, 0.5) is 10.1 Å². The van der Waals surface area contributed by atoms with Crippen LogP contribution in [0.2, 0.25) is 0 Å². The molecule has 0 radical (unpaired) electrons. The molecule has 0 saturated heterocycles. The predicted molar refractivity (Wildman–Crippen MR) is 81.4 cm³/mol. The number of benzene rings is 2. The minimum absolute atomic E-state index is 0.190. The maximum atomic E-state index is 13.7. The van der Waals surface area contributed by atoms with Gasteiger partial charge in [-0.15, -0.1) is 0 Å². The lowest BCUT2D eigenvalue weighted by Crippen LogP contribution is -2.06. The normalized spacial score (nSPS) is 10.7. The van der Waals surface area contributed by atoms with E-state index in [1.165, 1.54) is 6.07 Å². The summed E-state index contributed by atoms with van der Waals surface area (Å²) in [6.45, 7) is 0.483. The molecule has 3 rings (SSSR count). The lowest BCUT2D eigenvalue weighted by atomic mass is 10.1. The second-order valence-corrected chi connectivity index (χ2v) is 4.98. The molecule has 0 unspecified atom stereocenters. The molecule has 0 bridgehead atoms. The number of nitrogen functional groups attached to an aromatic ring is 1. The summed E-state index contributed by atoms with van der Waals surface area (Å²) < 4.78 is 15.7. The van der Waals surface area contributed by atoms with Crippen LogP contribution in [0, 0.1) is 5.82 Å². The quantitative estimate of drug-likeness (QED) is 0.746. The molecule has 4 heteroatoms. The molecule has 21 heavy (non-hydrogen) atoms. The second kappa shape index (κ2) is 5.79. The number of nitrogens with zero attached hydrogens (tertiary/aromatic N) is 2. The summed E-state index contributed by atoms with van der Waals surface area (Å²) >= 11 is 0. The van der Waals surface area contributed by atoms with Crippen LogP contribution in [0.3, 0.4) is 0 Å². The van der Waals surface area contributed by atoms with E-state index in [9.17, 15) is 4.39 Å². The van der Waals surface area contributed by atoms with Crippen LogP contribution >= 0.6 is 0 Å². The Balaban J connectivity index is 1.81. The molecule has 0 spiro atoms. The minimum atomic E-state index is -0.190. The molecule has 0 aliphatic rings. The Hall–Kier alpha value is -2.62. The third kappa shape index (κ3) is 3.11. The molecular formula is C17H16FN3. The third-order valence-electron chi connectivity index (χ3n) is 3.44. The van der Waals surface area contributed by atoms with Crippen molar-refractivity contribution in [1.29, 1.82) is 0 Å². The first kappa shape index (κ1) is 13.4. The number of imidazole rings is 1. The summed E-state index contributed by atoms with van der Waals surface area (Å²) in [5.74, 6) is 0.715. The fourth-order valence-electron chi connectivity index (χ4n) is 2.28. The SMILES string of the molecule is Nc1ccc(Cc2nccn2Cc2ccccc2F)cc1. The van der Waals surface area contributed by atoms with Crippen molar-refractivity contribution in [3.05, 3.63) is 83.7 Å². The molecule has 1 heterocycles. The summed E-state index contributed by atoms with van der Waals surface area (Å²) in [4.78, 5) is 4.37. The fourth-order valence-corrected chi connectivity index (χ4v) is 2.28. The zero-order chi connectivity index (χ0) is 14.7. The number of rotatable bonds is 4. The molecule has 0 fully saturated rings. The van der Waals surface area contributed by atoms with Gasteiger partial charge in [-0.3, -0.25) is 0 Å². The Morgan fingerprint density at radius 3 is 2.57 bits per heavy atom. The smallest absolute Gasteiger partial charge is 0.128 e. The van der Waals surface area contributed by atoms with Crippen LogP contribution in [0.25, 0.3) is 0 Å². The molecule has 0 atom stereocenters. The van der Waals surface area contributed by atoms with Gasteiger partial charge < -0.3 is 10.3 Å². The van der Waals surface area contributed by atoms with E-state index >= 15 is 0 Å². The standard InChI is InChI=1S/C17H16FN3/c18-16-4-2-1-3-14(16)12-21-10-9-20-17(21)11-13-5-7-15(19)8-6-13/h1-10H,11-12,19H2. The van der Waals surface area contributed by atoms with E-state index in [-0.39, 0.29) is 5.82 Å². The molecule has 0 saturated carbocycles. The van der Waals surface area contributed by atoms with Gasteiger partial charge >= 0.3 is 0 Å². The van der Waals surface area contributed by atoms with Crippen LogP contribution in [0.1, 0.15) is 17.0 Å². The number of aromatic nitrogens is 2. The van der Waals surface area contributed by atoms with Gasteiger partial charge in [0, 0.05) is 30.1 Å². The predicted octanol–water partition coefficient (Wildman–Crippen LogP) is 3.24. The first-order valence-electron chi connectivity index (χ1n) is 6.80. The number of halogens is 1. The van der Waals surface area contributed by atoms with Crippen molar-refractivity contribution >= 4 is 5.69 Å². The molecule has 1 aromatic heterocycles. The van der Waals surface area contributed by atoms with Crippen molar-refractivity contribution in [2.75, 3.05) is 5.73 Å². The van der Waals surface area contributed by atoms with E-state index in [1.54, 1.807) is 18.3 Å². The zero-order valence-corrected chi connectivity index (χ0v) is 11.5. The average Bonchev–Trinajstić information content (AvgIpc) is 2.91. The van der Waals surface area contributed by atoms with Gasteiger partial charge in [0.25, 0.3) is 0 Å². The highest BCUT2D eigenvalue weighted by molar-refractivity contribution is 5.40. The van der Waals surface area contributed by atoms with Crippen LogP contribution in [-0.2, 0) is 13.0 Å². The van der Waals surface area contributed by atoms with Gasteiger partial charge in [0.15, 0.2) is 0 Å². The Morgan fingerprint density at radius 2 is 1.81 bits per heavy atom. The lowest BCUT2D eigenvalue weighted by Gasteiger charge is -2.09. The number of nitrogens with two attached hydrogens (primary N) is 1. The van der Waals surface area contributed by atoms with E-state index in [4.69, 9.17) is 5.73 Å². The zero-order valence-electron chi connectivity index (χ0n) is 11.5. The van der Waals surface area contributed by atoms with E-state index in [0.717, 1.165) is 17.1 Å². The van der Waals surface area contributed by atoms with Crippen molar-refractivity contribution in [2.45, 2.75) is 13.0 Å². The van der Waals surface area contributed by atoms with Gasteiger partial charge in [-0.2, -0.15) is 0 Å². The maximum Gasteiger partial charge on any atom is 0.128 e. The first-order chi connectivity index (χ1) is 10.2. The topological polar surface area (TPSA) is 43.8 Å². The van der Waals surface area contributed by atoms with Gasteiger partial charge in [0.05, 0.1) is 6.54 Å². The lowest BCUT2D eigenvalue weighted by molar-refractivity contribution is 0.595. The van der Waals surface area contributed by atoms with Gasteiger partial charge in [0.2, 0.25) is 0 Å². The second-order valence-electron chi connectivity index (χ2n) is 4.98. The Bertz CT molecular complexity index is 732. The summed E-state index contributed by atoms with van der Waals surface area (Å²) in [5.41, 5.74) is 8.22. The molecule has 3 nitrogen and oxygen atoms in total. The summed E-state index contributed by atoms with van der Waals surface area (Å²) in [7, 11) is 0. The van der Waals surface area contributed by atoms with Crippen LogP contribution in [0.5, 0.6) is 0 Å². The fraction of sp³-hybridized carbons (Fsp3) is 0.118. The molecule has 0 aliphatic carbocycles. The highest BCUT2D eigenvalue weighted by Gasteiger charge is 2.07. The molecule has 0 aliphatic heterocycles. The average molecular weight is 281 g/mol. The number of anilines is 1. The summed E-state index contributed by atoms with van der Waals surface area (Å²) in [6, 6.07) is 14.5. The van der Waals surface area contributed by atoms with Crippen LogP contribution < -0.4 is 5.73 Å². The minimum Gasteiger partial charge on any atom is -0.399 e. The Labute approximate surface area is 122 Å². The Morgan fingerprint density at radius 1 is 1.05 bits per heavy atom. The van der Waals surface area contributed by atoms with E-state index in [2.05, 4.69) is 4.98 Å². The Kier molecular flexibility index (Phi) is 3.69. The first-order valence-corrected chi connectivity index (χ1v) is 6.80. The largest absolute Gasteiger partial charge is 0.399 e. The van der Waals surface area contributed by atoms with E-state index in [0.29, 0.717) is 18.5 Å².